The van der Waals surface area contributed by atoms with Crippen LogP contribution in [-0.2, 0) is 13.1 Å². The Morgan fingerprint density at radius 3 is 2.78 bits per heavy atom. The van der Waals surface area contributed by atoms with Gasteiger partial charge >= 0.3 is 0 Å². The lowest BCUT2D eigenvalue weighted by molar-refractivity contribution is 0.601. The number of fused-ring (bicyclic) bond motifs is 1. The largest absolute Gasteiger partial charge is 0.382 e. The molecule has 0 aliphatic carbocycles. The van der Waals surface area contributed by atoms with Crippen LogP contribution in [0, 0.1) is 0 Å². The van der Waals surface area contributed by atoms with Crippen LogP contribution in [0.5, 0.6) is 0 Å². The lowest BCUT2D eigenvalue weighted by Gasteiger charge is -1.98. The highest BCUT2D eigenvalue weighted by molar-refractivity contribution is 5.85. The average Bonchev–Trinajstić information content (AvgIpc) is 3.01. The van der Waals surface area contributed by atoms with E-state index >= 15 is 0 Å². The van der Waals surface area contributed by atoms with Gasteiger partial charge in [0.15, 0.2) is 11.5 Å². The zero-order chi connectivity index (χ0) is 11.8. The average molecular weight is 270 g/mol. The second-order valence-electron chi connectivity index (χ2n) is 3.75. The molecule has 0 aromatic carbocycles. The number of H-pyrrole nitrogens is 1. The number of nitrogens with one attached hydrogen (secondary N) is 1. The van der Waals surface area contributed by atoms with Gasteiger partial charge in [0.25, 0.3) is 5.56 Å². The highest BCUT2D eigenvalue weighted by Gasteiger charge is 2.21. The van der Waals surface area contributed by atoms with Crippen molar-refractivity contribution in [1.82, 2.24) is 19.3 Å². The number of nitrogens with zero attached hydrogens (tertiary/aromatic N) is 5. The van der Waals surface area contributed by atoms with Crippen molar-refractivity contribution < 1.29 is 0 Å². The number of aromatic nitrogens is 4. The first-order valence-electron chi connectivity index (χ1n) is 5.27. The zero-order valence-electron chi connectivity index (χ0n) is 9.41. The molecule has 3 N–H and O–H groups in total. The van der Waals surface area contributed by atoms with Crippen LogP contribution in [0.3, 0.4) is 0 Å². The molecule has 1 aliphatic heterocycles. The van der Waals surface area contributed by atoms with Gasteiger partial charge in [0.1, 0.15) is 0 Å². The highest BCUT2D eigenvalue weighted by Crippen LogP contribution is 2.23. The Morgan fingerprint density at radius 2 is 2.11 bits per heavy atom. The molecule has 0 saturated carbocycles. The van der Waals surface area contributed by atoms with Gasteiger partial charge in [0, 0.05) is 25.5 Å². The van der Waals surface area contributed by atoms with E-state index < -0.39 is 0 Å². The fourth-order valence-corrected chi connectivity index (χ4v) is 1.93. The third-order valence-corrected chi connectivity index (χ3v) is 2.72. The number of azo groups is 1. The van der Waals surface area contributed by atoms with Crippen molar-refractivity contribution >= 4 is 29.9 Å². The maximum atomic E-state index is 11.9. The maximum Gasteiger partial charge on any atom is 0.296 e. The number of anilines is 1. The Balaban J connectivity index is 0.00000120. The summed E-state index contributed by atoms with van der Waals surface area (Å²) in [6.07, 6.45) is 4.11. The summed E-state index contributed by atoms with van der Waals surface area (Å²) in [5.41, 5.74) is 5.84. The molecule has 96 valence electrons. The maximum absolute atomic E-state index is 11.9. The molecule has 0 radical (unpaired) electrons. The van der Waals surface area contributed by atoms with Gasteiger partial charge in [-0.1, -0.05) is 0 Å². The normalized spacial score (nSPS) is 13.8. The van der Waals surface area contributed by atoms with Gasteiger partial charge in [-0.05, 0) is 6.42 Å². The molecule has 0 unspecified atom stereocenters. The van der Waals surface area contributed by atoms with Crippen LogP contribution < -0.4 is 11.3 Å². The number of nitrogen functional groups attached to an aromatic ring is 1. The second-order valence-corrected chi connectivity index (χ2v) is 3.75. The summed E-state index contributed by atoms with van der Waals surface area (Å²) in [4.78, 5) is 18.6. The van der Waals surface area contributed by atoms with Crippen molar-refractivity contribution in [3.63, 3.8) is 0 Å². The monoisotopic (exact) mass is 269 g/mol. The van der Waals surface area contributed by atoms with E-state index in [9.17, 15) is 4.79 Å². The van der Waals surface area contributed by atoms with Crippen LogP contribution >= 0.6 is 12.4 Å². The third-order valence-electron chi connectivity index (χ3n) is 2.72. The minimum Gasteiger partial charge on any atom is -0.382 e. The summed E-state index contributed by atoms with van der Waals surface area (Å²) in [5.74, 6) is 0.711. The first kappa shape index (κ1) is 12.4. The standard InChI is InChI=1S/C9H11N7O.ClH/c10-7-6(13-14-9-11-2-3-12-9)8(17)16-5-1-4-15(7)16;/h2-3H,1,4-5,10H2,(H,11,12);1H. The van der Waals surface area contributed by atoms with Crippen molar-refractivity contribution in [2.75, 3.05) is 5.73 Å². The molecule has 0 fully saturated rings. The lowest BCUT2D eigenvalue weighted by atomic mass is 10.4. The van der Waals surface area contributed by atoms with Crippen molar-refractivity contribution in [1.29, 1.82) is 0 Å². The molecule has 1 aliphatic rings. The van der Waals surface area contributed by atoms with Crippen LogP contribution in [0.15, 0.2) is 27.4 Å². The summed E-state index contributed by atoms with van der Waals surface area (Å²) < 4.78 is 3.32. The van der Waals surface area contributed by atoms with Gasteiger partial charge in [-0.2, -0.15) is 0 Å². The number of hydrogen-bond acceptors (Lipinski definition) is 5. The smallest absolute Gasteiger partial charge is 0.296 e. The molecule has 0 atom stereocenters. The van der Waals surface area contributed by atoms with Gasteiger partial charge in [-0.15, -0.1) is 22.6 Å². The minimum atomic E-state index is -0.199. The molecule has 0 bridgehead atoms. The number of hydrogen-bond donors (Lipinski definition) is 2. The van der Waals surface area contributed by atoms with Crippen LogP contribution in [-0.4, -0.2) is 19.3 Å². The molecule has 3 rings (SSSR count). The molecule has 2 aromatic rings. The van der Waals surface area contributed by atoms with Gasteiger partial charge in [0.05, 0.1) is 0 Å². The van der Waals surface area contributed by atoms with E-state index in [1.165, 1.54) is 0 Å². The Bertz CT molecular complexity index is 624. The van der Waals surface area contributed by atoms with E-state index in [0.29, 0.717) is 18.3 Å². The van der Waals surface area contributed by atoms with Gasteiger partial charge in [-0.3, -0.25) is 9.48 Å². The summed E-state index contributed by atoms with van der Waals surface area (Å²) in [7, 11) is 0. The van der Waals surface area contributed by atoms with E-state index in [4.69, 9.17) is 5.73 Å². The fourth-order valence-electron chi connectivity index (χ4n) is 1.93. The van der Waals surface area contributed by atoms with E-state index in [2.05, 4.69) is 20.2 Å². The summed E-state index contributed by atoms with van der Waals surface area (Å²) in [6, 6.07) is 0. The molecular weight excluding hydrogens is 258 g/mol. The molecule has 18 heavy (non-hydrogen) atoms. The molecule has 9 heteroatoms. The summed E-state index contributed by atoms with van der Waals surface area (Å²) in [6.45, 7) is 1.43. The number of nitrogens with two attached hydrogens (primary N) is 1. The first-order valence-corrected chi connectivity index (χ1v) is 5.27. The van der Waals surface area contributed by atoms with E-state index in [0.717, 1.165) is 13.0 Å². The number of rotatable bonds is 2. The Labute approximate surface area is 108 Å². The zero-order valence-corrected chi connectivity index (χ0v) is 10.2. The molecule has 0 amide bonds. The molecule has 0 saturated heterocycles. The van der Waals surface area contributed by atoms with Crippen molar-refractivity contribution in [2.24, 2.45) is 10.2 Å². The third kappa shape index (κ3) is 1.80. The van der Waals surface area contributed by atoms with Crippen LogP contribution in [0.1, 0.15) is 6.42 Å². The Kier molecular flexibility index (Phi) is 3.19. The quantitative estimate of drug-likeness (QED) is 0.800. The topological polar surface area (TPSA) is 106 Å². The summed E-state index contributed by atoms with van der Waals surface area (Å²) in [5, 5.41) is 7.69. The number of halogens is 1. The lowest BCUT2D eigenvalue weighted by Crippen LogP contribution is -2.16. The van der Waals surface area contributed by atoms with Crippen LogP contribution in [0.2, 0.25) is 0 Å². The van der Waals surface area contributed by atoms with Gasteiger partial charge in [0.2, 0.25) is 5.95 Å². The predicted octanol–water partition coefficient (Wildman–Crippen LogP) is 1.20. The van der Waals surface area contributed by atoms with Crippen LogP contribution in [0.4, 0.5) is 17.5 Å². The van der Waals surface area contributed by atoms with Crippen molar-refractivity contribution in [2.45, 2.75) is 19.5 Å². The number of aromatic amines is 1. The highest BCUT2D eigenvalue weighted by atomic mass is 35.5. The molecule has 0 spiro atoms. The van der Waals surface area contributed by atoms with Crippen molar-refractivity contribution in [3.8, 4) is 0 Å². The Morgan fingerprint density at radius 1 is 1.33 bits per heavy atom. The second kappa shape index (κ2) is 4.65. The SMILES string of the molecule is Cl.Nc1c(N=Nc2ncc[nH]2)c(=O)n2n1CCC2. The van der Waals surface area contributed by atoms with E-state index in [1.54, 1.807) is 21.8 Å². The fraction of sp³-hybridized carbons (Fsp3) is 0.333. The molecule has 3 heterocycles. The summed E-state index contributed by atoms with van der Waals surface area (Å²) >= 11 is 0. The van der Waals surface area contributed by atoms with Gasteiger partial charge < -0.3 is 10.7 Å². The van der Waals surface area contributed by atoms with E-state index in [-0.39, 0.29) is 23.7 Å². The minimum absolute atomic E-state index is 0. The number of imidazole rings is 1. The first-order chi connectivity index (χ1) is 8.27. The van der Waals surface area contributed by atoms with Gasteiger partial charge in [-0.25, -0.2) is 9.67 Å². The molecule has 2 aromatic heterocycles. The van der Waals surface area contributed by atoms with E-state index in [1.807, 2.05) is 0 Å². The Hall–Kier alpha value is -2.09. The molecule has 8 nitrogen and oxygen atoms in total. The molecular formula is C9H12ClN7O. The van der Waals surface area contributed by atoms with Crippen molar-refractivity contribution in [3.05, 3.63) is 22.7 Å². The van der Waals surface area contributed by atoms with Crippen LogP contribution in [0.25, 0.3) is 0 Å². The predicted molar refractivity (Wildman–Crippen MR) is 67.7 cm³/mol.